The highest BCUT2D eigenvalue weighted by atomic mass is 16.3. The lowest BCUT2D eigenvalue weighted by atomic mass is 10.1. The first kappa shape index (κ1) is 12.7. The molecule has 0 aliphatic heterocycles. The second-order valence-corrected chi connectivity index (χ2v) is 4.29. The molecule has 0 aliphatic rings. The number of nitrogens with one attached hydrogen (secondary N) is 1. The molecule has 18 heavy (non-hydrogen) atoms. The van der Waals surface area contributed by atoms with Gasteiger partial charge in [0, 0.05) is 12.3 Å². The monoisotopic (exact) mass is 245 g/mol. The van der Waals surface area contributed by atoms with Gasteiger partial charge in [0.2, 0.25) is 0 Å². The molecular weight excluding hydrogens is 226 g/mol. The van der Waals surface area contributed by atoms with E-state index < -0.39 is 0 Å². The van der Waals surface area contributed by atoms with Gasteiger partial charge in [0.1, 0.15) is 5.76 Å². The maximum Gasteiger partial charge on any atom is 0.125 e. The van der Waals surface area contributed by atoms with Gasteiger partial charge < -0.3 is 14.8 Å². The van der Waals surface area contributed by atoms with Crippen LogP contribution in [0.25, 0.3) is 0 Å². The fourth-order valence-electron chi connectivity index (χ4n) is 1.96. The summed E-state index contributed by atoms with van der Waals surface area (Å²) in [6.45, 7) is 2.32. The van der Waals surface area contributed by atoms with E-state index in [4.69, 9.17) is 9.52 Å². The largest absolute Gasteiger partial charge is 0.467 e. The van der Waals surface area contributed by atoms with Gasteiger partial charge in [-0.2, -0.15) is 0 Å². The lowest BCUT2D eigenvalue weighted by molar-refractivity contribution is 0.299. The van der Waals surface area contributed by atoms with Gasteiger partial charge in [-0.3, -0.25) is 0 Å². The zero-order valence-electron chi connectivity index (χ0n) is 10.6. The SMILES string of the molecule is CCC(Nc1ccc(CCO)cc1)c1ccco1. The van der Waals surface area contributed by atoms with E-state index in [1.807, 2.05) is 36.4 Å². The van der Waals surface area contributed by atoms with Crippen LogP contribution in [0.1, 0.15) is 30.7 Å². The summed E-state index contributed by atoms with van der Waals surface area (Å²) < 4.78 is 5.43. The van der Waals surface area contributed by atoms with E-state index in [0.717, 1.165) is 23.4 Å². The standard InChI is InChI=1S/C15H19NO2/c1-2-14(15-4-3-11-18-15)16-13-7-5-12(6-8-13)9-10-17/h3-8,11,14,16-17H,2,9-10H2,1H3. The van der Waals surface area contributed by atoms with Crippen molar-refractivity contribution in [3.63, 3.8) is 0 Å². The highest BCUT2D eigenvalue weighted by molar-refractivity contribution is 5.46. The molecule has 1 unspecified atom stereocenters. The van der Waals surface area contributed by atoms with Gasteiger partial charge in [-0.05, 0) is 42.7 Å². The summed E-state index contributed by atoms with van der Waals surface area (Å²) in [4.78, 5) is 0. The van der Waals surface area contributed by atoms with Crippen molar-refractivity contribution in [2.75, 3.05) is 11.9 Å². The minimum absolute atomic E-state index is 0.191. The molecule has 1 aromatic carbocycles. The minimum atomic E-state index is 0.191. The molecular formula is C15H19NO2. The van der Waals surface area contributed by atoms with Gasteiger partial charge in [-0.1, -0.05) is 19.1 Å². The van der Waals surface area contributed by atoms with Crippen LogP contribution in [0, 0.1) is 0 Å². The van der Waals surface area contributed by atoms with Crippen LogP contribution in [-0.2, 0) is 6.42 Å². The molecule has 0 aliphatic carbocycles. The Hall–Kier alpha value is -1.74. The van der Waals surface area contributed by atoms with Crippen LogP contribution in [0.3, 0.4) is 0 Å². The summed E-state index contributed by atoms with van der Waals surface area (Å²) in [6, 6.07) is 12.2. The molecule has 0 fully saturated rings. The summed E-state index contributed by atoms with van der Waals surface area (Å²) in [5, 5.41) is 12.3. The van der Waals surface area contributed by atoms with Gasteiger partial charge >= 0.3 is 0 Å². The number of furan rings is 1. The van der Waals surface area contributed by atoms with Crippen molar-refractivity contribution >= 4 is 5.69 Å². The summed E-state index contributed by atoms with van der Waals surface area (Å²) in [7, 11) is 0. The third-order valence-corrected chi connectivity index (χ3v) is 2.99. The fourth-order valence-corrected chi connectivity index (χ4v) is 1.96. The van der Waals surface area contributed by atoms with E-state index in [9.17, 15) is 0 Å². The average Bonchev–Trinajstić information content (AvgIpc) is 2.92. The molecule has 96 valence electrons. The summed E-state index contributed by atoms with van der Waals surface area (Å²) >= 11 is 0. The topological polar surface area (TPSA) is 45.4 Å². The van der Waals surface area contributed by atoms with Crippen molar-refractivity contribution in [1.29, 1.82) is 0 Å². The third kappa shape index (κ3) is 3.14. The second kappa shape index (κ2) is 6.26. The Kier molecular flexibility index (Phi) is 4.42. The summed E-state index contributed by atoms with van der Waals surface area (Å²) in [5.41, 5.74) is 2.22. The number of hydrogen-bond donors (Lipinski definition) is 2. The van der Waals surface area contributed by atoms with E-state index in [2.05, 4.69) is 12.2 Å². The smallest absolute Gasteiger partial charge is 0.125 e. The maximum absolute atomic E-state index is 8.87. The highest BCUT2D eigenvalue weighted by Crippen LogP contribution is 2.23. The Morgan fingerprint density at radius 1 is 1.22 bits per heavy atom. The molecule has 0 bridgehead atoms. The highest BCUT2D eigenvalue weighted by Gasteiger charge is 2.11. The number of hydrogen-bond acceptors (Lipinski definition) is 3. The minimum Gasteiger partial charge on any atom is -0.467 e. The molecule has 1 aromatic heterocycles. The van der Waals surface area contributed by atoms with Crippen LogP contribution in [0.5, 0.6) is 0 Å². The Morgan fingerprint density at radius 2 is 2.00 bits per heavy atom. The van der Waals surface area contributed by atoms with Crippen molar-refractivity contribution < 1.29 is 9.52 Å². The number of benzene rings is 1. The molecule has 0 saturated carbocycles. The van der Waals surface area contributed by atoms with E-state index in [1.54, 1.807) is 6.26 Å². The average molecular weight is 245 g/mol. The quantitative estimate of drug-likeness (QED) is 0.820. The number of anilines is 1. The predicted molar refractivity (Wildman–Crippen MR) is 72.6 cm³/mol. The second-order valence-electron chi connectivity index (χ2n) is 4.29. The van der Waals surface area contributed by atoms with Crippen molar-refractivity contribution in [3.8, 4) is 0 Å². The fraction of sp³-hybridized carbons (Fsp3) is 0.333. The Balaban J connectivity index is 2.03. The molecule has 2 aromatic rings. The number of rotatable bonds is 6. The first-order valence-corrected chi connectivity index (χ1v) is 6.33. The zero-order valence-corrected chi connectivity index (χ0v) is 10.6. The van der Waals surface area contributed by atoms with Crippen molar-refractivity contribution in [2.24, 2.45) is 0 Å². The van der Waals surface area contributed by atoms with Gasteiger partial charge in [0.25, 0.3) is 0 Å². The van der Waals surface area contributed by atoms with Gasteiger partial charge in [-0.15, -0.1) is 0 Å². The third-order valence-electron chi connectivity index (χ3n) is 2.99. The first-order valence-electron chi connectivity index (χ1n) is 6.33. The zero-order chi connectivity index (χ0) is 12.8. The summed E-state index contributed by atoms with van der Waals surface area (Å²) in [5.74, 6) is 0.955. The summed E-state index contributed by atoms with van der Waals surface area (Å²) in [6.07, 6.45) is 3.37. The van der Waals surface area contributed by atoms with Crippen LogP contribution >= 0.6 is 0 Å². The van der Waals surface area contributed by atoms with Crippen molar-refractivity contribution in [1.82, 2.24) is 0 Å². The normalized spacial score (nSPS) is 12.3. The lowest BCUT2D eigenvalue weighted by Gasteiger charge is -2.16. The Morgan fingerprint density at radius 3 is 2.56 bits per heavy atom. The van der Waals surface area contributed by atoms with E-state index >= 15 is 0 Å². The van der Waals surface area contributed by atoms with E-state index in [1.165, 1.54) is 0 Å². The molecule has 1 heterocycles. The Bertz CT molecular complexity index is 448. The predicted octanol–water partition coefficient (Wildman–Crippen LogP) is 3.38. The lowest BCUT2D eigenvalue weighted by Crippen LogP contribution is -2.08. The molecule has 2 N–H and O–H groups in total. The molecule has 2 rings (SSSR count). The van der Waals surface area contributed by atoms with E-state index in [0.29, 0.717) is 6.42 Å². The molecule has 1 atom stereocenters. The van der Waals surface area contributed by atoms with E-state index in [-0.39, 0.29) is 12.6 Å². The van der Waals surface area contributed by atoms with Crippen molar-refractivity contribution in [2.45, 2.75) is 25.8 Å². The van der Waals surface area contributed by atoms with Crippen LogP contribution in [0.2, 0.25) is 0 Å². The van der Waals surface area contributed by atoms with Crippen molar-refractivity contribution in [3.05, 3.63) is 54.0 Å². The first-order chi connectivity index (χ1) is 8.83. The van der Waals surface area contributed by atoms with Gasteiger partial charge in [-0.25, -0.2) is 0 Å². The van der Waals surface area contributed by atoms with Crippen LogP contribution in [-0.4, -0.2) is 11.7 Å². The number of aliphatic hydroxyl groups is 1. The molecule has 0 amide bonds. The molecule has 3 nitrogen and oxygen atoms in total. The molecule has 3 heteroatoms. The van der Waals surface area contributed by atoms with Crippen LogP contribution in [0.4, 0.5) is 5.69 Å². The van der Waals surface area contributed by atoms with Crippen LogP contribution < -0.4 is 5.32 Å². The maximum atomic E-state index is 8.87. The number of aliphatic hydroxyl groups excluding tert-OH is 1. The van der Waals surface area contributed by atoms with Gasteiger partial charge in [0.05, 0.1) is 12.3 Å². The van der Waals surface area contributed by atoms with Gasteiger partial charge in [0.15, 0.2) is 0 Å². The molecule has 0 saturated heterocycles. The molecule has 0 spiro atoms. The Labute approximate surface area is 107 Å². The van der Waals surface area contributed by atoms with Crippen LogP contribution in [0.15, 0.2) is 47.1 Å². The molecule has 0 radical (unpaired) electrons.